The molecule has 2 aliphatic rings. The van der Waals surface area contributed by atoms with E-state index >= 15 is 0 Å². The highest BCUT2D eigenvalue weighted by molar-refractivity contribution is 8.08. The largest absolute Gasteiger partial charge is 0.358 e. The molecule has 2 aromatic heterocycles. The molecule has 5 rings (SSSR count). The molecule has 0 saturated carbocycles. The molecular formula is C32H39N3O3S2. The van der Waals surface area contributed by atoms with Crippen molar-refractivity contribution in [1.82, 2.24) is 15.0 Å². The Kier molecular flexibility index (Phi) is 8.39. The second-order valence-electron chi connectivity index (χ2n) is 11.7. The Balaban J connectivity index is 1.67. The predicted octanol–water partition coefficient (Wildman–Crippen LogP) is 8.25. The maximum Gasteiger partial charge on any atom is 0.341 e. The number of nitrogens with zero attached hydrogens (tertiary/aromatic N) is 3. The third-order valence-corrected chi connectivity index (χ3v) is 10.3. The van der Waals surface area contributed by atoms with E-state index in [2.05, 4.69) is 18.8 Å². The standard InChI is InChI=1S/C32H39N3O3S2/c1-19(2)24-17-25(20(3)4)30(26(18-24)21(5)6)40(36,37)38-32-27-16-23-10-8-7-9-15-39-29(23)28(27)34-31(35-32)22-11-13-33-14-12-22/h11-14,17-21H,7-10,15-16H2,1-6H3. The zero-order chi connectivity index (χ0) is 28.6. The number of pyridine rings is 1. The molecule has 3 aromatic rings. The molecular weight excluding hydrogens is 539 g/mol. The quantitative estimate of drug-likeness (QED) is 0.261. The molecule has 1 aliphatic carbocycles. The summed E-state index contributed by atoms with van der Waals surface area (Å²) in [5.41, 5.74) is 6.39. The van der Waals surface area contributed by atoms with Crippen LogP contribution in [0.25, 0.3) is 16.3 Å². The fourth-order valence-electron chi connectivity index (χ4n) is 5.46. The van der Waals surface area contributed by atoms with E-state index in [0.29, 0.717) is 12.2 Å². The van der Waals surface area contributed by atoms with Crippen LogP contribution in [0.15, 0.2) is 47.1 Å². The molecule has 0 radical (unpaired) electrons. The van der Waals surface area contributed by atoms with E-state index in [9.17, 15) is 8.42 Å². The first-order valence-electron chi connectivity index (χ1n) is 14.4. The molecule has 3 heterocycles. The lowest BCUT2D eigenvalue weighted by molar-refractivity contribution is 0.469. The van der Waals surface area contributed by atoms with Crippen molar-refractivity contribution in [3.05, 3.63) is 70.2 Å². The van der Waals surface area contributed by atoms with Gasteiger partial charge < -0.3 is 4.18 Å². The van der Waals surface area contributed by atoms with E-state index in [0.717, 1.165) is 52.1 Å². The Hall–Kier alpha value is -2.71. The Morgan fingerprint density at radius 1 is 0.875 bits per heavy atom. The first-order chi connectivity index (χ1) is 19.1. The van der Waals surface area contributed by atoms with Gasteiger partial charge in [0.15, 0.2) is 5.82 Å². The number of hydrogen-bond acceptors (Lipinski definition) is 7. The van der Waals surface area contributed by atoms with Gasteiger partial charge in [0, 0.05) is 34.8 Å². The normalized spacial score (nSPS) is 15.8. The molecule has 0 fully saturated rings. The van der Waals surface area contributed by atoms with Crippen LogP contribution in [0, 0.1) is 0 Å². The van der Waals surface area contributed by atoms with E-state index in [1.165, 1.54) is 23.3 Å². The lowest BCUT2D eigenvalue weighted by atomic mass is 9.89. The van der Waals surface area contributed by atoms with Crippen molar-refractivity contribution in [1.29, 1.82) is 0 Å². The second kappa shape index (κ2) is 11.6. The van der Waals surface area contributed by atoms with Crippen LogP contribution in [0.2, 0.25) is 0 Å². The molecule has 8 heteroatoms. The zero-order valence-electron chi connectivity index (χ0n) is 24.3. The van der Waals surface area contributed by atoms with Gasteiger partial charge in [-0.05, 0) is 77.2 Å². The van der Waals surface area contributed by atoms with Crippen LogP contribution < -0.4 is 4.18 Å². The zero-order valence-corrected chi connectivity index (χ0v) is 26.0. The smallest absolute Gasteiger partial charge is 0.341 e. The van der Waals surface area contributed by atoms with Gasteiger partial charge in [0.1, 0.15) is 4.90 Å². The number of hydrogen-bond donors (Lipinski definition) is 0. The molecule has 0 bridgehead atoms. The third kappa shape index (κ3) is 5.70. The van der Waals surface area contributed by atoms with Gasteiger partial charge in [0.05, 0.1) is 5.69 Å². The summed E-state index contributed by atoms with van der Waals surface area (Å²) in [6, 6.07) is 7.75. The van der Waals surface area contributed by atoms with Crippen molar-refractivity contribution < 1.29 is 12.6 Å². The molecule has 0 atom stereocenters. The average molecular weight is 578 g/mol. The molecule has 6 nitrogen and oxygen atoms in total. The highest BCUT2D eigenvalue weighted by Gasteiger charge is 2.34. The predicted molar refractivity (Wildman–Crippen MR) is 163 cm³/mol. The van der Waals surface area contributed by atoms with E-state index in [1.807, 2.05) is 63.7 Å². The van der Waals surface area contributed by atoms with Crippen LogP contribution in [-0.2, 0) is 16.5 Å². The summed E-state index contributed by atoms with van der Waals surface area (Å²) in [7, 11) is -4.20. The van der Waals surface area contributed by atoms with Gasteiger partial charge in [-0.2, -0.15) is 13.4 Å². The van der Waals surface area contributed by atoms with Crippen LogP contribution in [0.3, 0.4) is 0 Å². The van der Waals surface area contributed by atoms with Crippen molar-refractivity contribution in [2.75, 3.05) is 5.75 Å². The van der Waals surface area contributed by atoms with E-state index in [-0.39, 0.29) is 28.5 Å². The highest BCUT2D eigenvalue weighted by atomic mass is 32.2. The maximum absolute atomic E-state index is 14.3. The molecule has 0 unspecified atom stereocenters. The summed E-state index contributed by atoms with van der Waals surface area (Å²) in [5, 5.41) is 0. The summed E-state index contributed by atoms with van der Waals surface area (Å²) >= 11 is 1.83. The third-order valence-electron chi connectivity index (χ3n) is 7.72. The Morgan fingerprint density at radius 2 is 1.55 bits per heavy atom. The maximum atomic E-state index is 14.3. The number of allylic oxidation sites excluding steroid dienone is 1. The lowest BCUT2D eigenvalue weighted by Gasteiger charge is -2.22. The minimum absolute atomic E-state index is 0.00551. The molecule has 0 spiro atoms. The van der Waals surface area contributed by atoms with Gasteiger partial charge in [-0.15, -0.1) is 11.8 Å². The Morgan fingerprint density at radius 3 is 2.17 bits per heavy atom. The number of thioether (sulfide) groups is 1. The first-order valence-corrected chi connectivity index (χ1v) is 16.7. The topological polar surface area (TPSA) is 82.0 Å². The monoisotopic (exact) mass is 577 g/mol. The fourth-order valence-corrected chi connectivity index (χ4v) is 8.29. The highest BCUT2D eigenvalue weighted by Crippen LogP contribution is 2.47. The van der Waals surface area contributed by atoms with Crippen LogP contribution >= 0.6 is 11.8 Å². The second-order valence-corrected chi connectivity index (χ2v) is 14.3. The van der Waals surface area contributed by atoms with Gasteiger partial charge >= 0.3 is 10.1 Å². The van der Waals surface area contributed by atoms with Crippen molar-refractivity contribution in [3.8, 4) is 17.3 Å². The van der Waals surface area contributed by atoms with Gasteiger partial charge in [-0.25, -0.2) is 4.98 Å². The summed E-state index contributed by atoms with van der Waals surface area (Å²) < 4.78 is 34.7. The minimum Gasteiger partial charge on any atom is -0.358 e. The minimum atomic E-state index is -4.20. The van der Waals surface area contributed by atoms with Crippen LogP contribution in [0.4, 0.5) is 0 Å². The Labute approximate surface area is 243 Å². The molecule has 1 aliphatic heterocycles. The van der Waals surface area contributed by atoms with Gasteiger partial charge in [-0.3, -0.25) is 4.98 Å². The van der Waals surface area contributed by atoms with Crippen molar-refractivity contribution in [2.24, 2.45) is 0 Å². The van der Waals surface area contributed by atoms with Gasteiger partial charge in [-0.1, -0.05) is 60.1 Å². The van der Waals surface area contributed by atoms with Crippen molar-refractivity contribution in [2.45, 2.75) is 96.3 Å². The summed E-state index contributed by atoms with van der Waals surface area (Å²) in [6.45, 7) is 12.4. The van der Waals surface area contributed by atoms with E-state index < -0.39 is 10.1 Å². The number of benzene rings is 1. The van der Waals surface area contributed by atoms with Crippen molar-refractivity contribution >= 4 is 26.8 Å². The molecule has 1 aromatic carbocycles. The van der Waals surface area contributed by atoms with Crippen LogP contribution in [0.1, 0.15) is 113 Å². The SMILES string of the molecule is CC(C)c1cc(C(C)C)c(S(=O)(=O)Oc2nc(-c3ccncc3)nc3c2CC2=C3SCCCCC2)c(C(C)C)c1. The first kappa shape index (κ1) is 28.8. The summed E-state index contributed by atoms with van der Waals surface area (Å²) in [4.78, 5) is 15.3. The average Bonchev–Trinajstić information content (AvgIpc) is 3.24. The number of rotatable bonds is 7. The number of aromatic nitrogens is 3. The molecule has 0 N–H and O–H groups in total. The molecule has 212 valence electrons. The van der Waals surface area contributed by atoms with Gasteiger partial charge in [0.2, 0.25) is 5.88 Å². The van der Waals surface area contributed by atoms with Crippen LogP contribution in [0.5, 0.6) is 5.88 Å². The van der Waals surface area contributed by atoms with E-state index in [4.69, 9.17) is 14.2 Å². The van der Waals surface area contributed by atoms with Gasteiger partial charge in [0.25, 0.3) is 0 Å². The number of fused-ring (bicyclic) bond motifs is 2. The van der Waals surface area contributed by atoms with Crippen LogP contribution in [-0.4, -0.2) is 29.1 Å². The molecule has 0 amide bonds. The Bertz CT molecular complexity index is 1520. The summed E-state index contributed by atoms with van der Waals surface area (Å²) in [6.07, 6.45) is 8.50. The molecule has 40 heavy (non-hydrogen) atoms. The summed E-state index contributed by atoms with van der Waals surface area (Å²) in [5.74, 6) is 1.91. The molecule has 0 saturated heterocycles. The fraction of sp³-hybridized carbons (Fsp3) is 0.469. The van der Waals surface area contributed by atoms with Crippen molar-refractivity contribution in [3.63, 3.8) is 0 Å². The lowest BCUT2D eigenvalue weighted by Crippen LogP contribution is -2.19. The van der Waals surface area contributed by atoms with E-state index in [1.54, 1.807) is 12.4 Å².